The molecule has 0 spiro atoms. The Balaban J connectivity index is 4.82. The Morgan fingerprint density at radius 2 is 1.71 bits per heavy atom. The first-order chi connectivity index (χ1) is 8.04. The highest BCUT2D eigenvalue weighted by Crippen LogP contribution is 2.13. The van der Waals surface area contributed by atoms with Crippen molar-refractivity contribution < 1.29 is 14.3 Å². The molecule has 17 heavy (non-hydrogen) atoms. The van der Waals surface area contributed by atoms with Crippen LogP contribution in [0.25, 0.3) is 0 Å². The molecule has 0 aromatic carbocycles. The second-order valence-electron chi connectivity index (χ2n) is 3.45. The molecule has 0 aliphatic rings. The van der Waals surface area contributed by atoms with E-state index < -0.39 is 0 Å². The maximum absolute atomic E-state index is 11.5. The second kappa shape index (κ2) is 8.35. The van der Waals surface area contributed by atoms with Crippen molar-refractivity contribution >= 4 is 5.97 Å². The first kappa shape index (κ1) is 15.2. The zero-order chi connectivity index (χ0) is 13.3. The van der Waals surface area contributed by atoms with Crippen LogP contribution in [0.1, 0.15) is 0 Å². The topological polar surface area (TPSA) is 38.8 Å². The minimum atomic E-state index is -0.366. The lowest BCUT2D eigenvalue weighted by Crippen LogP contribution is -2.23. The average molecular weight is 237 g/mol. The van der Waals surface area contributed by atoms with Crippen LogP contribution in [0.4, 0.5) is 0 Å². The van der Waals surface area contributed by atoms with Gasteiger partial charge in [-0.2, -0.15) is 0 Å². The maximum atomic E-state index is 11.5. The third-order valence-electron chi connectivity index (χ3n) is 1.67. The van der Waals surface area contributed by atoms with Gasteiger partial charge < -0.3 is 9.47 Å². The predicted molar refractivity (Wildman–Crippen MR) is 68.2 cm³/mol. The number of carbonyl (C=O) groups is 1. The average Bonchev–Trinajstić information content (AvgIpc) is 2.24. The first-order valence-electron chi connectivity index (χ1n) is 5.10. The van der Waals surface area contributed by atoms with Gasteiger partial charge in [0.15, 0.2) is 11.5 Å². The van der Waals surface area contributed by atoms with Gasteiger partial charge in [0.2, 0.25) is 0 Å². The lowest BCUT2D eigenvalue weighted by Gasteiger charge is -2.13. The Labute approximate surface area is 103 Å². The number of carbonyl (C=O) groups excluding carboxylic acids is 1. The van der Waals surface area contributed by atoms with Crippen molar-refractivity contribution in [2.75, 3.05) is 27.7 Å². The Bertz CT molecular complexity index is 341. The van der Waals surface area contributed by atoms with E-state index in [1.54, 1.807) is 37.2 Å². The molecule has 0 aliphatic heterocycles. The summed E-state index contributed by atoms with van der Waals surface area (Å²) >= 11 is 0. The molecule has 0 aromatic rings. The van der Waals surface area contributed by atoms with E-state index in [0.29, 0.717) is 11.5 Å². The van der Waals surface area contributed by atoms with E-state index in [4.69, 9.17) is 9.47 Å². The van der Waals surface area contributed by atoms with Crippen LogP contribution in [-0.4, -0.2) is 38.6 Å². The van der Waals surface area contributed by atoms with Gasteiger partial charge in [0.05, 0.1) is 13.7 Å². The molecule has 0 rings (SSSR count). The number of esters is 1. The lowest BCUT2D eigenvalue weighted by molar-refractivity contribution is -0.140. The quantitative estimate of drug-likeness (QED) is 0.385. The number of rotatable bonds is 7. The van der Waals surface area contributed by atoms with Crippen LogP contribution < -0.4 is 0 Å². The van der Waals surface area contributed by atoms with Crippen LogP contribution in [0.5, 0.6) is 0 Å². The standard InChI is InChI=1S/C13H19NO3/c1-6-8-11(16-5)12(9-7-2)17-13(15)10-14(3)4/h6-9H,1-2,10H2,3-5H3/b11-8+,12-9+. The summed E-state index contributed by atoms with van der Waals surface area (Å²) < 4.78 is 10.3. The third kappa shape index (κ3) is 6.37. The molecule has 0 bridgehead atoms. The minimum absolute atomic E-state index is 0.194. The van der Waals surface area contributed by atoms with Crippen LogP contribution in [-0.2, 0) is 14.3 Å². The molecule has 0 unspecified atom stereocenters. The summed E-state index contributed by atoms with van der Waals surface area (Å²) in [5.74, 6) is 0.372. The number of methoxy groups -OCH3 is 1. The Morgan fingerprint density at radius 1 is 1.18 bits per heavy atom. The zero-order valence-corrected chi connectivity index (χ0v) is 10.6. The third-order valence-corrected chi connectivity index (χ3v) is 1.67. The summed E-state index contributed by atoms with van der Waals surface area (Å²) in [5, 5.41) is 0. The van der Waals surface area contributed by atoms with Crippen molar-refractivity contribution in [3.63, 3.8) is 0 Å². The number of likely N-dealkylation sites (N-methyl/N-ethyl adjacent to an activating group) is 1. The Hall–Kier alpha value is -1.81. The highest BCUT2D eigenvalue weighted by Gasteiger charge is 2.12. The summed E-state index contributed by atoms with van der Waals surface area (Å²) in [6.07, 6.45) is 6.24. The molecule has 0 saturated carbocycles. The van der Waals surface area contributed by atoms with Gasteiger partial charge in [0.1, 0.15) is 0 Å². The van der Waals surface area contributed by atoms with E-state index in [-0.39, 0.29) is 12.5 Å². The maximum Gasteiger partial charge on any atom is 0.325 e. The molecule has 4 heteroatoms. The van der Waals surface area contributed by atoms with Gasteiger partial charge in [0, 0.05) is 0 Å². The molecule has 0 fully saturated rings. The van der Waals surface area contributed by atoms with Crippen molar-refractivity contribution in [3.8, 4) is 0 Å². The van der Waals surface area contributed by atoms with E-state index in [9.17, 15) is 4.79 Å². The lowest BCUT2D eigenvalue weighted by atomic mass is 10.3. The van der Waals surface area contributed by atoms with Crippen molar-refractivity contribution in [1.29, 1.82) is 0 Å². The molecule has 0 amide bonds. The number of ether oxygens (including phenoxy) is 2. The molecule has 0 atom stereocenters. The summed E-state index contributed by atoms with van der Waals surface area (Å²) in [6, 6.07) is 0. The minimum Gasteiger partial charge on any atom is -0.493 e. The number of hydrogen-bond acceptors (Lipinski definition) is 4. The van der Waals surface area contributed by atoms with Crippen LogP contribution in [0.3, 0.4) is 0 Å². The Kier molecular flexibility index (Phi) is 7.46. The molecule has 0 radical (unpaired) electrons. The molecule has 4 nitrogen and oxygen atoms in total. The SMILES string of the molecule is C=C/C=C(OC)\C(=C/C=C)OC(=O)CN(C)C. The van der Waals surface area contributed by atoms with Crippen molar-refractivity contribution in [3.05, 3.63) is 49.0 Å². The van der Waals surface area contributed by atoms with E-state index in [0.717, 1.165) is 0 Å². The van der Waals surface area contributed by atoms with Gasteiger partial charge in [-0.3, -0.25) is 9.69 Å². The highest BCUT2D eigenvalue weighted by atomic mass is 16.6. The fraction of sp³-hybridized carbons (Fsp3) is 0.308. The van der Waals surface area contributed by atoms with Crippen LogP contribution in [0.2, 0.25) is 0 Å². The Morgan fingerprint density at radius 3 is 2.12 bits per heavy atom. The number of nitrogens with zero attached hydrogens (tertiary/aromatic N) is 1. The second-order valence-corrected chi connectivity index (χ2v) is 3.45. The van der Waals surface area contributed by atoms with Gasteiger partial charge >= 0.3 is 5.97 Å². The van der Waals surface area contributed by atoms with Crippen molar-refractivity contribution in [2.24, 2.45) is 0 Å². The van der Waals surface area contributed by atoms with Gasteiger partial charge in [-0.05, 0) is 26.2 Å². The van der Waals surface area contributed by atoms with Gasteiger partial charge in [-0.1, -0.05) is 25.3 Å². The van der Waals surface area contributed by atoms with Gasteiger partial charge in [0.25, 0.3) is 0 Å². The van der Waals surface area contributed by atoms with E-state index in [1.165, 1.54) is 13.2 Å². The van der Waals surface area contributed by atoms with E-state index in [2.05, 4.69) is 13.2 Å². The highest BCUT2D eigenvalue weighted by molar-refractivity contribution is 5.73. The predicted octanol–water partition coefficient (Wildman–Crippen LogP) is 1.88. The molecular weight excluding hydrogens is 218 g/mol. The van der Waals surface area contributed by atoms with Crippen molar-refractivity contribution in [1.82, 2.24) is 4.90 Å². The number of hydrogen-bond donors (Lipinski definition) is 0. The summed E-state index contributed by atoms with van der Waals surface area (Å²) in [6.45, 7) is 7.31. The molecular formula is C13H19NO3. The molecule has 94 valence electrons. The molecule has 0 N–H and O–H groups in total. The first-order valence-corrected chi connectivity index (χ1v) is 5.10. The molecule has 0 aliphatic carbocycles. The molecule has 0 aromatic heterocycles. The van der Waals surface area contributed by atoms with Crippen LogP contribution in [0.15, 0.2) is 49.0 Å². The summed E-state index contributed by atoms with van der Waals surface area (Å²) in [4.78, 5) is 13.2. The van der Waals surface area contributed by atoms with Crippen LogP contribution >= 0.6 is 0 Å². The van der Waals surface area contributed by atoms with Gasteiger partial charge in [-0.15, -0.1) is 0 Å². The normalized spacial score (nSPS) is 12.2. The fourth-order valence-corrected chi connectivity index (χ4v) is 1.04. The summed E-state index contributed by atoms with van der Waals surface area (Å²) in [5.41, 5.74) is 0. The summed E-state index contributed by atoms with van der Waals surface area (Å²) in [7, 11) is 5.07. The smallest absolute Gasteiger partial charge is 0.325 e. The fourth-order valence-electron chi connectivity index (χ4n) is 1.04. The molecule has 0 heterocycles. The van der Waals surface area contributed by atoms with Crippen LogP contribution in [0, 0.1) is 0 Å². The zero-order valence-electron chi connectivity index (χ0n) is 10.6. The largest absolute Gasteiger partial charge is 0.493 e. The van der Waals surface area contributed by atoms with Gasteiger partial charge in [-0.25, -0.2) is 0 Å². The van der Waals surface area contributed by atoms with E-state index in [1.807, 2.05) is 0 Å². The molecule has 0 saturated heterocycles. The monoisotopic (exact) mass is 237 g/mol. The number of allylic oxidation sites excluding steroid dienone is 4. The van der Waals surface area contributed by atoms with E-state index >= 15 is 0 Å². The van der Waals surface area contributed by atoms with Crippen molar-refractivity contribution in [2.45, 2.75) is 0 Å².